The van der Waals surface area contributed by atoms with Crippen molar-refractivity contribution in [1.29, 1.82) is 0 Å². The summed E-state index contributed by atoms with van der Waals surface area (Å²) >= 11 is 0. The molecular weight excluding hydrogens is 538 g/mol. The summed E-state index contributed by atoms with van der Waals surface area (Å²) in [7, 11) is 0. The van der Waals surface area contributed by atoms with Crippen LogP contribution in [0.15, 0.2) is 152 Å². The highest BCUT2D eigenvalue weighted by molar-refractivity contribution is 6.10. The van der Waals surface area contributed by atoms with Crippen LogP contribution in [0.1, 0.15) is 0 Å². The number of hydrogen-bond acceptors (Lipinski definition) is 3. The average Bonchev–Trinajstić information content (AvgIpc) is 3.62. The van der Waals surface area contributed by atoms with Gasteiger partial charge in [-0.1, -0.05) is 115 Å². The summed E-state index contributed by atoms with van der Waals surface area (Å²) in [6, 6.07) is 52.5. The van der Waals surface area contributed by atoms with Gasteiger partial charge in [-0.25, -0.2) is 4.98 Å². The Labute approximate surface area is 253 Å². The Hall–Kier alpha value is -6.07. The predicted octanol–water partition coefficient (Wildman–Crippen LogP) is 9.40. The average molecular weight is 564 g/mol. The highest BCUT2D eigenvalue weighted by Gasteiger charge is 2.20. The highest BCUT2D eigenvalue weighted by atomic mass is 15.2. The van der Waals surface area contributed by atoms with E-state index in [0.717, 1.165) is 49.7 Å². The van der Waals surface area contributed by atoms with E-state index in [2.05, 4.69) is 130 Å². The first-order chi connectivity index (χ1) is 21.8. The molecule has 0 bridgehead atoms. The number of aromatic nitrogens is 5. The molecule has 0 atom stereocenters. The summed E-state index contributed by atoms with van der Waals surface area (Å²) in [5.74, 6) is 1.83. The molecule has 3 heterocycles. The summed E-state index contributed by atoms with van der Waals surface area (Å²) in [5, 5.41) is 4.75. The van der Waals surface area contributed by atoms with Gasteiger partial charge in [0, 0.05) is 32.7 Å². The largest absolute Gasteiger partial charge is 0.309 e. The molecule has 0 saturated carbocycles. The smallest absolute Gasteiger partial charge is 0.238 e. The fourth-order valence-electron chi connectivity index (χ4n) is 6.48. The fourth-order valence-corrected chi connectivity index (χ4v) is 6.48. The van der Waals surface area contributed by atoms with Gasteiger partial charge in [0.25, 0.3) is 0 Å². The van der Waals surface area contributed by atoms with Gasteiger partial charge in [-0.05, 0) is 36.4 Å². The van der Waals surface area contributed by atoms with Crippen molar-refractivity contribution in [2.45, 2.75) is 0 Å². The van der Waals surface area contributed by atoms with Crippen LogP contribution in [0.3, 0.4) is 0 Å². The van der Waals surface area contributed by atoms with Crippen LogP contribution in [-0.2, 0) is 0 Å². The highest BCUT2D eigenvalue weighted by Crippen LogP contribution is 2.36. The summed E-state index contributed by atoms with van der Waals surface area (Å²) in [6.07, 6.45) is 0. The molecule has 0 aliphatic rings. The summed E-state index contributed by atoms with van der Waals surface area (Å²) in [4.78, 5) is 15.5. The quantitative estimate of drug-likeness (QED) is 0.214. The number of para-hydroxylation sites is 5. The maximum atomic E-state index is 5.23. The van der Waals surface area contributed by atoms with Crippen molar-refractivity contribution in [2.75, 3.05) is 0 Å². The van der Waals surface area contributed by atoms with Crippen molar-refractivity contribution in [2.24, 2.45) is 0 Å². The molecule has 0 amide bonds. The SMILES string of the molecule is c1ccc(-c2nc(-c3ccccc3-n3c4ccccc4c4ccccc43)nc(-n3c4ccccc4c4ccccc43)n2)cc1. The second kappa shape index (κ2) is 9.75. The maximum Gasteiger partial charge on any atom is 0.238 e. The maximum absolute atomic E-state index is 5.23. The lowest BCUT2D eigenvalue weighted by Gasteiger charge is -2.15. The van der Waals surface area contributed by atoms with Crippen molar-refractivity contribution in [1.82, 2.24) is 24.1 Å². The Morgan fingerprint density at radius 1 is 0.341 bits per heavy atom. The van der Waals surface area contributed by atoms with Crippen LogP contribution in [0, 0.1) is 0 Å². The van der Waals surface area contributed by atoms with E-state index in [1.165, 1.54) is 10.8 Å². The number of nitrogens with zero attached hydrogens (tertiary/aromatic N) is 5. The standard InChI is InChI=1S/C39H25N5/c1-2-14-26(15-3-1)37-40-38(42-39(41-37)44-34-23-11-6-18-29(34)30-19-7-12-24-35(30)44)31-20-8-13-25-36(31)43-32-21-9-4-16-27(32)28-17-5-10-22-33(28)43/h1-25H. The Morgan fingerprint density at radius 2 is 0.773 bits per heavy atom. The molecule has 3 aromatic heterocycles. The Balaban J connectivity index is 1.36. The van der Waals surface area contributed by atoms with Crippen molar-refractivity contribution >= 4 is 43.6 Å². The van der Waals surface area contributed by atoms with Gasteiger partial charge in [-0.3, -0.25) is 4.57 Å². The molecule has 0 saturated heterocycles. The van der Waals surface area contributed by atoms with E-state index in [9.17, 15) is 0 Å². The number of fused-ring (bicyclic) bond motifs is 6. The summed E-state index contributed by atoms with van der Waals surface area (Å²) < 4.78 is 4.48. The van der Waals surface area contributed by atoms with E-state index in [4.69, 9.17) is 15.0 Å². The zero-order valence-electron chi connectivity index (χ0n) is 23.7. The van der Waals surface area contributed by atoms with Crippen LogP contribution in [-0.4, -0.2) is 24.1 Å². The van der Waals surface area contributed by atoms with Gasteiger partial charge in [0.15, 0.2) is 11.6 Å². The molecule has 44 heavy (non-hydrogen) atoms. The fraction of sp³-hybridized carbons (Fsp3) is 0. The first kappa shape index (κ1) is 24.5. The molecule has 0 unspecified atom stereocenters. The van der Waals surface area contributed by atoms with Gasteiger partial charge >= 0.3 is 0 Å². The van der Waals surface area contributed by atoms with Crippen molar-refractivity contribution in [3.05, 3.63) is 152 Å². The second-order valence-electron chi connectivity index (χ2n) is 10.9. The van der Waals surface area contributed by atoms with Crippen molar-refractivity contribution in [3.63, 3.8) is 0 Å². The van der Waals surface area contributed by atoms with Crippen LogP contribution < -0.4 is 0 Å². The van der Waals surface area contributed by atoms with E-state index in [0.29, 0.717) is 17.6 Å². The molecule has 0 spiro atoms. The molecule has 206 valence electrons. The molecule has 0 aliphatic heterocycles. The molecule has 6 aromatic carbocycles. The molecule has 5 nitrogen and oxygen atoms in total. The topological polar surface area (TPSA) is 48.5 Å². The Kier molecular flexibility index (Phi) is 5.43. The molecule has 9 aromatic rings. The first-order valence-corrected chi connectivity index (χ1v) is 14.7. The van der Waals surface area contributed by atoms with Crippen LogP contribution in [0.4, 0.5) is 0 Å². The second-order valence-corrected chi connectivity index (χ2v) is 10.9. The van der Waals surface area contributed by atoms with Gasteiger partial charge in [0.05, 0.1) is 27.8 Å². The third kappa shape index (κ3) is 3.69. The predicted molar refractivity (Wildman–Crippen MR) is 179 cm³/mol. The van der Waals surface area contributed by atoms with Gasteiger partial charge < -0.3 is 4.57 Å². The van der Waals surface area contributed by atoms with Crippen molar-refractivity contribution < 1.29 is 0 Å². The third-order valence-electron chi connectivity index (χ3n) is 8.40. The molecule has 0 fully saturated rings. The van der Waals surface area contributed by atoms with Gasteiger partial charge in [-0.15, -0.1) is 0 Å². The van der Waals surface area contributed by atoms with E-state index in [-0.39, 0.29) is 0 Å². The van der Waals surface area contributed by atoms with Gasteiger partial charge in [0.2, 0.25) is 5.95 Å². The molecule has 0 N–H and O–H groups in total. The Morgan fingerprint density at radius 3 is 1.34 bits per heavy atom. The van der Waals surface area contributed by atoms with Crippen LogP contribution in [0.25, 0.3) is 78.0 Å². The zero-order valence-corrected chi connectivity index (χ0v) is 23.7. The minimum absolute atomic E-state index is 0.586. The minimum Gasteiger partial charge on any atom is -0.309 e. The number of rotatable bonds is 4. The zero-order chi connectivity index (χ0) is 29.0. The molecule has 5 heteroatoms. The lowest BCUT2D eigenvalue weighted by atomic mass is 10.1. The normalized spacial score (nSPS) is 11.6. The molecule has 0 aliphatic carbocycles. The Bertz CT molecular complexity index is 2400. The summed E-state index contributed by atoms with van der Waals surface area (Å²) in [6.45, 7) is 0. The van der Waals surface area contributed by atoms with E-state index in [1.54, 1.807) is 0 Å². The first-order valence-electron chi connectivity index (χ1n) is 14.7. The van der Waals surface area contributed by atoms with E-state index < -0.39 is 0 Å². The number of benzene rings is 6. The minimum atomic E-state index is 0.586. The lowest BCUT2D eigenvalue weighted by Crippen LogP contribution is -2.07. The van der Waals surface area contributed by atoms with Gasteiger partial charge in [-0.2, -0.15) is 9.97 Å². The van der Waals surface area contributed by atoms with Crippen LogP contribution >= 0.6 is 0 Å². The summed E-state index contributed by atoms with van der Waals surface area (Å²) in [5.41, 5.74) is 7.28. The van der Waals surface area contributed by atoms with Crippen molar-refractivity contribution in [3.8, 4) is 34.4 Å². The number of hydrogen-bond donors (Lipinski definition) is 0. The van der Waals surface area contributed by atoms with Crippen LogP contribution in [0.2, 0.25) is 0 Å². The monoisotopic (exact) mass is 563 g/mol. The third-order valence-corrected chi connectivity index (χ3v) is 8.40. The molecule has 9 rings (SSSR count). The van der Waals surface area contributed by atoms with E-state index in [1.807, 2.05) is 30.3 Å². The molecule has 0 radical (unpaired) electrons. The molecular formula is C39H25N5. The van der Waals surface area contributed by atoms with Crippen LogP contribution in [0.5, 0.6) is 0 Å². The van der Waals surface area contributed by atoms with E-state index >= 15 is 0 Å². The lowest BCUT2D eigenvalue weighted by molar-refractivity contribution is 0.951. The van der Waals surface area contributed by atoms with Gasteiger partial charge in [0.1, 0.15) is 0 Å².